The standard InChI is InChI=1S/C20H24N2O3/c1-15-8-5-6-12-22(15)20(24)17(14-16-9-3-2-4-10-16)21-19(23)18-11-7-13-25-18/h2-4,7,9-11,13,15,17H,5-6,8,12,14H2,1H3,(H,21,23). The van der Waals surface area contributed by atoms with Crippen molar-refractivity contribution in [1.82, 2.24) is 10.2 Å². The molecule has 0 radical (unpaired) electrons. The van der Waals surface area contributed by atoms with Crippen LogP contribution < -0.4 is 5.32 Å². The molecule has 2 amide bonds. The summed E-state index contributed by atoms with van der Waals surface area (Å²) < 4.78 is 5.16. The first-order chi connectivity index (χ1) is 12.1. The van der Waals surface area contributed by atoms with Crippen molar-refractivity contribution in [2.75, 3.05) is 6.54 Å². The van der Waals surface area contributed by atoms with Gasteiger partial charge in [-0.05, 0) is 43.9 Å². The van der Waals surface area contributed by atoms with E-state index in [1.165, 1.54) is 6.26 Å². The number of likely N-dealkylation sites (tertiary alicyclic amines) is 1. The van der Waals surface area contributed by atoms with Gasteiger partial charge in [-0.1, -0.05) is 30.3 Å². The van der Waals surface area contributed by atoms with Crippen LogP contribution in [0.2, 0.25) is 0 Å². The van der Waals surface area contributed by atoms with Crippen LogP contribution in [0.1, 0.15) is 42.3 Å². The van der Waals surface area contributed by atoms with E-state index >= 15 is 0 Å². The smallest absolute Gasteiger partial charge is 0.287 e. The van der Waals surface area contributed by atoms with Gasteiger partial charge in [-0.25, -0.2) is 0 Å². The summed E-state index contributed by atoms with van der Waals surface area (Å²) in [6.45, 7) is 2.83. The molecule has 5 heteroatoms. The molecule has 0 bridgehead atoms. The Morgan fingerprint density at radius 1 is 1.20 bits per heavy atom. The van der Waals surface area contributed by atoms with E-state index in [1.54, 1.807) is 12.1 Å². The monoisotopic (exact) mass is 340 g/mol. The largest absolute Gasteiger partial charge is 0.459 e. The van der Waals surface area contributed by atoms with Crippen molar-refractivity contribution in [3.8, 4) is 0 Å². The van der Waals surface area contributed by atoms with Crippen molar-refractivity contribution in [3.63, 3.8) is 0 Å². The molecule has 3 rings (SSSR count). The maximum absolute atomic E-state index is 13.1. The maximum atomic E-state index is 13.1. The van der Waals surface area contributed by atoms with Crippen LogP contribution in [-0.2, 0) is 11.2 Å². The summed E-state index contributed by atoms with van der Waals surface area (Å²) in [4.78, 5) is 27.4. The topological polar surface area (TPSA) is 62.6 Å². The number of piperidine rings is 1. The van der Waals surface area contributed by atoms with Gasteiger partial charge in [-0.15, -0.1) is 0 Å². The van der Waals surface area contributed by atoms with Gasteiger partial charge < -0.3 is 14.6 Å². The number of benzene rings is 1. The lowest BCUT2D eigenvalue weighted by Gasteiger charge is -2.36. The first-order valence-electron chi connectivity index (χ1n) is 8.84. The Labute approximate surface area is 148 Å². The number of nitrogens with one attached hydrogen (secondary N) is 1. The minimum Gasteiger partial charge on any atom is -0.459 e. The van der Waals surface area contributed by atoms with Crippen molar-refractivity contribution < 1.29 is 14.0 Å². The summed E-state index contributed by atoms with van der Waals surface area (Å²) in [5.41, 5.74) is 1.02. The molecule has 1 aromatic heterocycles. The van der Waals surface area contributed by atoms with Crippen molar-refractivity contribution in [2.24, 2.45) is 0 Å². The highest BCUT2D eigenvalue weighted by Gasteiger charge is 2.31. The Balaban J connectivity index is 1.77. The van der Waals surface area contributed by atoms with Crippen LogP contribution in [0.3, 0.4) is 0 Å². The van der Waals surface area contributed by atoms with E-state index in [4.69, 9.17) is 4.42 Å². The minimum absolute atomic E-state index is 0.0176. The molecule has 1 aromatic carbocycles. The number of carbonyl (C=O) groups excluding carboxylic acids is 2. The molecule has 2 aromatic rings. The Morgan fingerprint density at radius 2 is 2.00 bits per heavy atom. The highest BCUT2D eigenvalue weighted by Crippen LogP contribution is 2.18. The Morgan fingerprint density at radius 3 is 2.68 bits per heavy atom. The molecule has 1 saturated heterocycles. The number of furan rings is 1. The third kappa shape index (κ3) is 4.29. The fourth-order valence-corrected chi connectivity index (χ4v) is 3.31. The Hall–Kier alpha value is -2.56. The quantitative estimate of drug-likeness (QED) is 0.910. The van der Waals surface area contributed by atoms with Crippen LogP contribution in [0.4, 0.5) is 0 Å². The maximum Gasteiger partial charge on any atom is 0.287 e. The van der Waals surface area contributed by atoms with Crippen LogP contribution in [0.15, 0.2) is 53.1 Å². The average molecular weight is 340 g/mol. The van der Waals surface area contributed by atoms with Gasteiger partial charge >= 0.3 is 0 Å². The van der Waals surface area contributed by atoms with Gasteiger partial charge in [0.15, 0.2) is 5.76 Å². The molecule has 1 aliphatic rings. The van der Waals surface area contributed by atoms with Crippen LogP contribution in [0.5, 0.6) is 0 Å². The summed E-state index contributed by atoms with van der Waals surface area (Å²) in [6, 6.07) is 12.6. The lowest BCUT2D eigenvalue weighted by Crippen LogP contribution is -2.53. The predicted octanol–water partition coefficient (Wildman–Crippen LogP) is 3.02. The molecule has 25 heavy (non-hydrogen) atoms. The molecule has 2 heterocycles. The van der Waals surface area contributed by atoms with E-state index < -0.39 is 6.04 Å². The summed E-state index contributed by atoms with van der Waals surface area (Å²) in [5.74, 6) is -0.155. The van der Waals surface area contributed by atoms with Gasteiger partial charge in [0.25, 0.3) is 5.91 Å². The lowest BCUT2D eigenvalue weighted by atomic mass is 9.99. The van der Waals surface area contributed by atoms with E-state index in [0.29, 0.717) is 6.42 Å². The first kappa shape index (κ1) is 17.3. The third-order valence-corrected chi connectivity index (χ3v) is 4.72. The molecule has 2 atom stereocenters. The van der Waals surface area contributed by atoms with Gasteiger partial charge in [0.05, 0.1) is 6.26 Å². The number of hydrogen-bond donors (Lipinski definition) is 1. The zero-order chi connectivity index (χ0) is 17.6. The van der Waals surface area contributed by atoms with Crippen LogP contribution in [-0.4, -0.2) is 35.3 Å². The van der Waals surface area contributed by atoms with E-state index in [0.717, 1.165) is 31.4 Å². The van der Waals surface area contributed by atoms with Gasteiger partial charge in [-0.3, -0.25) is 9.59 Å². The predicted molar refractivity (Wildman–Crippen MR) is 95.1 cm³/mol. The molecule has 2 unspecified atom stereocenters. The molecular formula is C20H24N2O3. The highest BCUT2D eigenvalue weighted by atomic mass is 16.3. The SMILES string of the molecule is CC1CCCCN1C(=O)C(Cc1ccccc1)NC(=O)c1ccco1. The molecule has 132 valence electrons. The van der Waals surface area contributed by atoms with Gasteiger partial charge in [0.2, 0.25) is 5.91 Å². The van der Waals surface area contributed by atoms with Gasteiger partial charge in [-0.2, -0.15) is 0 Å². The average Bonchev–Trinajstić information content (AvgIpc) is 3.17. The summed E-state index contributed by atoms with van der Waals surface area (Å²) >= 11 is 0. The third-order valence-electron chi connectivity index (χ3n) is 4.72. The van der Waals surface area contributed by atoms with Gasteiger partial charge in [0.1, 0.15) is 6.04 Å². The fraction of sp³-hybridized carbons (Fsp3) is 0.400. The Kier molecular flexibility index (Phi) is 5.53. The van der Waals surface area contributed by atoms with Crippen LogP contribution in [0.25, 0.3) is 0 Å². The molecule has 0 saturated carbocycles. The second kappa shape index (κ2) is 8.01. The highest BCUT2D eigenvalue weighted by molar-refractivity contribution is 5.95. The second-order valence-corrected chi connectivity index (χ2v) is 6.57. The number of nitrogens with zero attached hydrogens (tertiary/aromatic N) is 1. The van der Waals surface area contributed by atoms with Crippen molar-refractivity contribution in [1.29, 1.82) is 0 Å². The molecule has 5 nitrogen and oxygen atoms in total. The molecule has 0 spiro atoms. The molecule has 1 N–H and O–H groups in total. The molecule has 1 aliphatic heterocycles. The number of hydrogen-bond acceptors (Lipinski definition) is 3. The summed E-state index contributed by atoms with van der Waals surface area (Å²) in [5, 5.41) is 2.86. The van der Waals surface area contributed by atoms with Crippen molar-refractivity contribution in [3.05, 3.63) is 60.1 Å². The number of amides is 2. The second-order valence-electron chi connectivity index (χ2n) is 6.57. The lowest BCUT2D eigenvalue weighted by molar-refractivity contribution is -0.136. The zero-order valence-electron chi connectivity index (χ0n) is 14.5. The number of carbonyl (C=O) groups is 2. The minimum atomic E-state index is -0.597. The van der Waals surface area contributed by atoms with E-state index in [2.05, 4.69) is 12.2 Å². The normalized spacial score (nSPS) is 18.6. The van der Waals surface area contributed by atoms with Crippen molar-refractivity contribution in [2.45, 2.75) is 44.7 Å². The van der Waals surface area contributed by atoms with Crippen molar-refractivity contribution >= 4 is 11.8 Å². The van der Waals surface area contributed by atoms with E-state index in [9.17, 15) is 9.59 Å². The summed E-state index contributed by atoms with van der Waals surface area (Å²) in [7, 11) is 0. The van der Waals surface area contributed by atoms with Crippen LogP contribution in [0, 0.1) is 0 Å². The van der Waals surface area contributed by atoms with Crippen LogP contribution >= 0.6 is 0 Å². The number of rotatable bonds is 5. The molecular weight excluding hydrogens is 316 g/mol. The first-order valence-corrected chi connectivity index (χ1v) is 8.84. The molecule has 1 fully saturated rings. The van der Waals surface area contributed by atoms with Gasteiger partial charge in [0, 0.05) is 19.0 Å². The van der Waals surface area contributed by atoms with E-state index in [-0.39, 0.29) is 23.6 Å². The fourth-order valence-electron chi connectivity index (χ4n) is 3.31. The van der Waals surface area contributed by atoms with E-state index in [1.807, 2.05) is 35.2 Å². The Bertz CT molecular complexity index is 697. The summed E-state index contributed by atoms with van der Waals surface area (Å²) in [6.07, 6.45) is 5.09. The molecule has 0 aliphatic carbocycles. The zero-order valence-corrected chi connectivity index (χ0v) is 14.5.